The Morgan fingerprint density at radius 1 is 0.958 bits per heavy atom. The number of aromatic nitrogens is 4. The molecule has 1 aliphatic carbocycles. The monoisotopic (exact) mass is 666 g/mol. The topological polar surface area (TPSA) is 107 Å². The van der Waals surface area contributed by atoms with Gasteiger partial charge in [0.1, 0.15) is 17.1 Å². The molecular weight excluding hydrogens is 621 g/mol. The molecule has 3 N–H and O–H groups in total. The zero-order valence-electron chi connectivity index (χ0n) is 28.2. The second-order valence-corrected chi connectivity index (χ2v) is 14.0. The van der Waals surface area contributed by atoms with E-state index in [-0.39, 0.29) is 0 Å². The first-order chi connectivity index (χ1) is 23.5. The standard InChI is InChI=1S/C36H46N10OS/c1-5-25-23-40-36(43-35(25)41-29-9-8-28-33(34(29)48-37-2)39-13-12-38-28)42-30-21-26(20-24-6-7-24)31(22-32(30)47-4)46-14-10-27(11-15-46)45-18-16-44(3)17-19-45/h5,8-9,12-13,21-24,27,37H,1,6-7,10-11,14-20H2,2-4H3,(H2,40,41,42,43). The zero-order valence-corrected chi connectivity index (χ0v) is 29.0. The van der Waals surface area contributed by atoms with E-state index in [1.165, 1.54) is 75.1 Å². The highest BCUT2D eigenvalue weighted by molar-refractivity contribution is 7.97. The van der Waals surface area contributed by atoms with E-state index in [4.69, 9.17) is 9.72 Å². The molecule has 0 unspecified atom stereocenters. The van der Waals surface area contributed by atoms with Gasteiger partial charge < -0.3 is 25.2 Å². The van der Waals surface area contributed by atoms with Crippen LogP contribution < -0.4 is 25.0 Å². The van der Waals surface area contributed by atoms with Gasteiger partial charge in [-0.3, -0.25) is 19.6 Å². The van der Waals surface area contributed by atoms with E-state index in [1.807, 2.05) is 19.2 Å². The van der Waals surface area contributed by atoms with Crippen LogP contribution >= 0.6 is 11.9 Å². The lowest BCUT2D eigenvalue weighted by atomic mass is 9.98. The van der Waals surface area contributed by atoms with E-state index in [0.717, 1.165) is 64.0 Å². The van der Waals surface area contributed by atoms with Gasteiger partial charge in [-0.05, 0) is 87.8 Å². The number of nitrogens with zero attached hydrogens (tertiary/aromatic N) is 7. The first kappa shape index (κ1) is 32.6. The van der Waals surface area contributed by atoms with Gasteiger partial charge in [-0.15, -0.1) is 0 Å². The van der Waals surface area contributed by atoms with Crippen LogP contribution in [-0.2, 0) is 6.42 Å². The fraction of sp³-hybridized carbons (Fsp3) is 0.444. The lowest BCUT2D eigenvalue weighted by Crippen LogP contribution is -2.52. The molecule has 2 saturated heterocycles. The van der Waals surface area contributed by atoms with Crippen LogP contribution in [0.15, 0.2) is 54.3 Å². The molecular formula is C36H46N10OS. The van der Waals surface area contributed by atoms with Crippen molar-refractivity contribution in [1.29, 1.82) is 0 Å². The molecule has 0 atom stereocenters. The number of anilines is 5. The number of methoxy groups -OCH3 is 1. The summed E-state index contributed by atoms with van der Waals surface area (Å²) < 4.78 is 9.17. The summed E-state index contributed by atoms with van der Waals surface area (Å²) in [4.78, 5) is 27.3. The maximum absolute atomic E-state index is 5.99. The van der Waals surface area contributed by atoms with Crippen LogP contribution in [0, 0.1) is 5.92 Å². The summed E-state index contributed by atoms with van der Waals surface area (Å²) in [7, 11) is 5.86. The van der Waals surface area contributed by atoms with Crippen molar-refractivity contribution in [3.8, 4) is 5.75 Å². The summed E-state index contributed by atoms with van der Waals surface area (Å²) in [6.45, 7) is 10.9. The van der Waals surface area contributed by atoms with Crippen molar-refractivity contribution < 1.29 is 4.74 Å². The Labute approximate surface area is 287 Å². The molecule has 2 aromatic heterocycles. The molecule has 2 aromatic carbocycles. The highest BCUT2D eigenvalue weighted by atomic mass is 32.2. The van der Waals surface area contributed by atoms with Crippen molar-refractivity contribution >= 4 is 57.9 Å². The SMILES string of the molecule is C=Cc1cnc(Nc2cc(CC3CC3)c(N3CCC(N4CCN(C)CC4)CC3)cc2OC)nc1Nc1ccc2nccnc2c1SNC. The Morgan fingerprint density at radius 2 is 1.75 bits per heavy atom. The lowest BCUT2D eigenvalue weighted by Gasteiger charge is -2.43. The summed E-state index contributed by atoms with van der Waals surface area (Å²) in [5.41, 5.74) is 6.83. The van der Waals surface area contributed by atoms with Gasteiger partial charge in [0.2, 0.25) is 5.95 Å². The van der Waals surface area contributed by atoms with Crippen molar-refractivity contribution in [1.82, 2.24) is 34.5 Å². The minimum atomic E-state index is 0.475. The average Bonchev–Trinajstić information content (AvgIpc) is 3.94. The normalized spacial score (nSPS) is 17.9. The minimum absolute atomic E-state index is 0.475. The van der Waals surface area contributed by atoms with Crippen LogP contribution in [0.1, 0.15) is 36.8 Å². The highest BCUT2D eigenvalue weighted by Crippen LogP contribution is 2.41. The Hall–Kier alpha value is -3.97. The number of rotatable bonds is 12. The van der Waals surface area contributed by atoms with Crippen LogP contribution in [0.4, 0.5) is 28.8 Å². The lowest BCUT2D eigenvalue weighted by molar-refractivity contribution is 0.0982. The second-order valence-electron chi connectivity index (χ2n) is 13.0. The van der Waals surface area contributed by atoms with Crippen LogP contribution in [0.3, 0.4) is 0 Å². The highest BCUT2D eigenvalue weighted by Gasteiger charge is 2.30. The minimum Gasteiger partial charge on any atom is -0.494 e. The summed E-state index contributed by atoms with van der Waals surface area (Å²) in [6, 6.07) is 9.13. The first-order valence-electron chi connectivity index (χ1n) is 17.0. The van der Waals surface area contributed by atoms with Gasteiger partial charge in [0, 0.05) is 81.2 Å². The van der Waals surface area contributed by atoms with Crippen molar-refractivity contribution in [2.45, 2.75) is 43.0 Å². The Balaban J connectivity index is 1.14. The smallest absolute Gasteiger partial charge is 0.229 e. The van der Waals surface area contributed by atoms with Crippen LogP contribution in [0.5, 0.6) is 5.75 Å². The summed E-state index contributed by atoms with van der Waals surface area (Å²) >= 11 is 1.48. The molecule has 1 saturated carbocycles. The maximum Gasteiger partial charge on any atom is 0.229 e. The number of piperidine rings is 1. The number of benzene rings is 2. The first-order valence-corrected chi connectivity index (χ1v) is 17.8. The predicted octanol–water partition coefficient (Wildman–Crippen LogP) is 5.95. The molecule has 2 aliphatic heterocycles. The largest absolute Gasteiger partial charge is 0.494 e. The third-order valence-electron chi connectivity index (χ3n) is 9.80. The van der Waals surface area contributed by atoms with E-state index in [1.54, 1.807) is 31.8 Å². The molecule has 4 heterocycles. The van der Waals surface area contributed by atoms with Gasteiger partial charge in [0.05, 0.1) is 28.9 Å². The van der Waals surface area contributed by atoms with Gasteiger partial charge >= 0.3 is 0 Å². The molecule has 11 nitrogen and oxygen atoms in total. The number of hydrogen-bond donors (Lipinski definition) is 3. The van der Waals surface area contributed by atoms with E-state index in [2.05, 4.69) is 70.8 Å². The molecule has 252 valence electrons. The number of fused-ring (bicyclic) bond motifs is 1. The molecule has 3 fully saturated rings. The summed E-state index contributed by atoms with van der Waals surface area (Å²) in [6.07, 6.45) is 13.0. The van der Waals surface area contributed by atoms with Crippen molar-refractivity contribution in [2.24, 2.45) is 5.92 Å². The number of ether oxygens (including phenoxy) is 1. The molecule has 4 aromatic rings. The average molecular weight is 667 g/mol. The third-order valence-corrected chi connectivity index (χ3v) is 10.6. The Morgan fingerprint density at radius 3 is 2.48 bits per heavy atom. The fourth-order valence-electron chi connectivity index (χ4n) is 6.89. The van der Waals surface area contributed by atoms with Gasteiger partial charge in [-0.2, -0.15) is 4.98 Å². The number of likely N-dealkylation sites (N-methyl/N-ethyl adjacent to an activating group) is 1. The Kier molecular flexibility index (Phi) is 9.94. The number of nitrogens with one attached hydrogen (secondary N) is 3. The molecule has 12 heteroatoms. The van der Waals surface area contributed by atoms with E-state index in [9.17, 15) is 0 Å². The Bertz CT molecular complexity index is 1750. The van der Waals surface area contributed by atoms with Gasteiger partial charge in [-0.1, -0.05) is 12.7 Å². The van der Waals surface area contributed by atoms with E-state index < -0.39 is 0 Å². The van der Waals surface area contributed by atoms with Crippen molar-refractivity contribution in [3.63, 3.8) is 0 Å². The quantitative estimate of drug-likeness (QED) is 0.156. The van der Waals surface area contributed by atoms with Crippen LogP contribution in [0.2, 0.25) is 0 Å². The molecule has 0 spiro atoms. The zero-order chi connectivity index (χ0) is 33.0. The number of piperazine rings is 1. The number of hydrogen-bond acceptors (Lipinski definition) is 12. The van der Waals surface area contributed by atoms with Gasteiger partial charge in [-0.25, -0.2) is 4.98 Å². The third kappa shape index (κ3) is 7.21. The predicted molar refractivity (Wildman–Crippen MR) is 197 cm³/mol. The summed E-state index contributed by atoms with van der Waals surface area (Å²) in [5.74, 6) is 2.66. The van der Waals surface area contributed by atoms with Crippen molar-refractivity contribution in [3.05, 3.63) is 60.6 Å². The summed E-state index contributed by atoms with van der Waals surface area (Å²) in [5, 5.41) is 7.01. The molecule has 3 aliphatic rings. The molecule has 0 amide bonds. The molecule has 48 heavy (non-hydrogen) atoms. The molecule has 0 radical (unpaired) electrons. The van der Waals surface area contributed by atoms with Gasteiger partial charge in [0.15, 0.2) is 0 Å². The molecule has 7 rings (SSSR count). The van der Waals surface area contributed by atoms with Gasteiger partial charge in [0.25, 0.3) is 0 Å². The maximum atomic E-state index is 5.99. The fourth-order valence-corrected chi connectivity index (χ4v) is 7.58. The second kappa shape index (κ2) is 14.7. The molecule has 0 bridgehead atoms. The van der Waals surface area contributed by atoms with Crippen molar-refractivity contribution in [2.75, 3.05) is 76.0 Å². The van der Waals surface area contributed by atoms with E-state index >= 15 is 0 Å². The van der Waals surface area contributed by atoms with E-state index in [0.29, 0.717) is 17.8 Å². The van der Waals surface area contributed by atoms with Crippen LogP contribution in [-0.4, -0.2) is 96.3 Å². The van der Waals surface area contributed by atoms with Crippen LogP contribution in [0.25, 0.3) is 17.1 Å².